The van der Waals surface area contributed by atoms with Gasteiger partial charge in [-0.3, -0.25) is 9.48 Å². The molecule has 0 radical (unpaired) electrons. The van der Waals surface area contributed by atoms with E-state index >= 15 is 0 Å². The first-order valence-corrected chi connectivity index (χ1v) is 9.85. The number of fused-ring (bicyclic) bond motifs is 1. The zero-order chi connectivity index (χ0) is 18.5. The summed E-state index contributed by atoms with van der Waals surface area (Å²) < 4.78 is 7.66. The molecule has 6 heteroatoms. The molecular weight excluding hydrogens is 340 g/mol. The summed E-state index contributed by atoms with van der Waals surface area (Å²) >= 11 is 0. The van der Waals surface area contributed by atoms with Crippen molar-refractivity contribution in [1.29, 1.82) is 0 Å². The number of carbonyl (C=O) groups excluding carboxylic acids is 1. The molecule has 1 amide bonds. The van der Waals surface area contributed by atoms with E-state index in [1.807, 2.05) is 4.90 Å². The van der Waals surface area contributed by atoms with Crippen LogP contribution in [-0.4, -0.2) is 38.7 Å². The van der Waals surface area contributed by atoms with Crippen molar-refractivity contribution in [3.63, 3.8) is 0 Å². The SMILES string of the molecule is O=C(CCCn1cncn1)N1CCOc2ccc(C3=CCCCC3)cc2C1. The third kappa shape index (κ3) is 4.38. The second-order valence-corrected chi connectivity index (χ2v) is 7.22. The average Bonchev–Trinajstić information content (AvgIpc) is 3.13. The van der Waals surface area contributed by atoms with Crippen molar-refractivity contribution in [2.75, 3.05) is 13.2 Å². The van der Waals surface area contributed by atoms with Crippen molar-refractivity contribution in [3.8, 4) is 5.75 Å². The summed E-state index contributed by atoms with van der Waals surface area (Å²) in [6.07, 6.45) is 11.7. The van der Waals surface area contributed by atoms with Crippen LogP contribution < -0.4 is 4.74 Å². The Bertz CT molecular complexity index is 814. The number of hydrogen-bond donors (Lipinski definition) is 0. The zero-order valence-electron chi connectivity index (χ0n) is 15.6. The third-order valence-electron chi connectivity index (χ3n) is 5.30. The maximum absolute atomic E-state index is 12.7. The van der Waals surface area contributed by atoms with Crippen molar-refractivity contribution < 1.29 is 9.53 Å². The fourth-order valence-electron chi connectivity index (χ4n) is 3.81. The molecule has 0 N–H and O–H groups in total. The van der Waals surface area contributed by atoms with Gasteiger partial charge in [-0.15, -0.1) is 0 Å². The summed E-state index contributed by atoms with van der Waals surface area (Å²) in [5.41, 5.74) is 3.82. The van der Waals surface area contributed by atoms with Gasteiger partial charge in [0, 0.05) is 25.1 Å². The smallest absolute Gasteiger partial charge is 0.223 e. The van der Waals surface area contributed by atoms with Crippen LogP contribution in [0.4, 0.5) is 0 Å². The van der Waals surface area contributed by atoms with Gasteiger partial charge < -0.3 is 9.64 Å². The summed E-state index contributed by atoms with van der Waals surface area (Å²) in [5, 5.41) is 4.08. The quantitative estimate of drug-likeness (QED) is 0.813. The molecule has 0 saturated heterocycles. The van der Waals surface area contributed by atoms with E-state index in [-0.39, 0.29) is 5.91 Å². The second-order valence-electron chi connectivity index (χ2n) is 7.22. The van der Waals surface area contributed by atoms with Gasteiger partial charge in [0.2, 0.25) is 5.91 Å². The number of aromatic nitrogens is 3. The molecule has 0 spiro atoms. The van der Waals surface area contributed by atoms with Crippen molar-refractivity contribution in [2.45, 2.75) is 51.6 Å². The first kappa shape index (κ1) is 17.8. The largest absolute Gasteiger partial charge is 0.491 e. The first-order chi connectivity index (χ1) is 13.3. The van der Waals surface area contributed by atoms with Gasteiger partial charge in [-0.1, -0.05) is 12.1 Å². The Balaban J connectivity index is 1.41. The normalized spacial score (nSPS) is 16.9. The van der Waals surface area contributed by atoms with Crippen molar-refractivity contribution in [2.24, 2.45) is 0 Å². The molecule has 0 bridgehead atoms. The highest BCUT2D eigenvalue weighted by atomic mass is 16.5. The molecule has 1 aliphatic carbocycles. The van der Waals surface area contributed by atoms with Gasteiger partial charge in [0.15, 0.2) is 0 Å². The lowest BCUT2D eigenvalue weighted by Gasteiger charge is -2.20. The van der Waals surface area contributed by atoms with Crippen LogP contribution in [0.2, 0.25) is 0 Å². The van der Waals surface area contributed by atoms with Gasteiger partial charge in [0.05, 0.1) is 6.54 Å². The van der Waals surface area contributed by atoms with Gasteiger partial charge in [0.25, 0.3) is 0 Å². The molecule has 1 aromatic heterocycles. The monoisotopic (exact) mass is 366 g/mol. The molecular formula is C21H26N4O2. The fourth-order valence-corrected chi connectivity index (χ4v) is 3.81. The lowest BCUT2D eigenvalue weighted by Crippen LogP contribution is -2.32. The van der Waals surface area contributed by atoms with Crippen LogP contribution >= 0.6 is 0 Å². The van der Waals surface area contributed by atoms with E-state index < -0.39 is 0 Å². The van der Waals surface area contributed by atoms with E-state index in [0.29, 0.717) is 32.7 Å². The zero-order valence-corrected chi connectivity index (χ0v) is 15.6. The van der Waals surface area contributed by atoms with E-state index in [4.69, 9.17) is 4.74 Å². The Hall–Kier alpha value is -2.63. The number of allylic oxidation sites excluding steroid dienone is 2. The number of rotatable bonds is 5. The van der Waals surface area contributed by atoms with Gasteiger partial charge in [-0.25, -0.2) is 4.98 Å². The van der Waals surface area contributed by atoms with Gasteiger partial charge >= 0.3 is 0 Å². The second kappa shape index (κ2) is 8.37. The number of ether oxygens (including phenoxy) is 1. The highest BCUT2D eigenvalue weighted by Crippen LogP contribution is 2.31. The highest BCUT2D eigenvalue weighted by molar-refractivity contribution is 5.76. The molecule has 1 aliphatic heterocycles. The predicted octanol–water partition coefficient (Wildman–Crippen LogP) is 3.44. The molecule has 1 aromatic carbocycles. The number of aryl methyl sites for hydroxylation is 1. The number of hydrogen-bond acceptors (Lipinski definition) is 4. The molecule has 0 atom stereocenters. The fraction of sp³-hybridized carbons (Fsp3) is 0.476. The van der Waals surface area contributed by atoms with Gasteiger partial charge in [-0.05, 0) is 55.4 Å². The standard InChI is InChI=1S/C21H26N4O2/c26-21(7-4-10-25-16-22-15-23-25)24-11-12-27-20-9-8-18(13-19(20)14-24)17-5-2-1-3-6-17/h5,8-9,13,15-16H,1-4,6-7,10-12,14H2. The maximum Gasteiger partial charge on any atom is 0.223 e. The Morgan fingerprint density at radius 1 is 1.26 bits per heavy atom. The molecule has 2 aromatic rings. The molecule has 142 valence electrons. The van der Waals surface area contributed by atoms with Crippen LogP contribution in [0.15, 0.2) is 36.9 Å². The van der Waals surface area contributed by atoms with Crippen molar-refractivity contribution in [1.82, 2.24) is 19.7 Å². The molecule has 27 heavy (non-hydrogen) atoms. The van der Waals surface area contributed by atoms with E-state index in [9.17, 15) is 4.79 Å². The number of carbonyl (C=O) groups is 1. The summed E-state index contributed by atoms with van der Waals surface area (Å²) in [4.78, 5) is 18.5. The van der Waals surface area contributed by atoms with Crippen LogP contribution in [0.1, 0.15) is 49.7 Å². The van der Waals surface area contributed by atoms with E-state index in [0.717, 1.165) is 24.2 Å². The van der Waals surface area contributed by atoms with Gasteiger partial charge in [0.1, 0.15) is 25.0 Å². The lowest BCUT2D eigenvalue weighted by atomic mass is 9.92. The summed E-state index contributed by atoms with van der Waals surface area (Å²) in [6, 6.07) is 6.44. The number of nitrogens with zero attached hydrogens (tertiary/aromatic N) is 4. The summed E-state index contributed by atoms with van der Waals surface area (Å²) in [5.74, 6) is 1.09. The molecule has 2 heterocycles. The molecule has 0 saturated carbocycles. The number of amides is 1. The van der Waals surface area contributed by atoms with Gasteiger partial charge in [-0.2, -0.15) is 5.10 Å². The minimum Gasteiger partial charge on any atom is -0.491 e. The summed E-state index contributed by atoms with van der Waals surface area (Å²) in [6.45, 7) is 2.52. The Morgan fingerprint density at radius 2 is 2.22 bits per heavy atom. The van der Waals surface area contributed by atoms with E-state index in [1.54, 1.807) is 11.0 Å². The third-order valence-corrected chi connectivity index (χ3v) is 5.30. The van der Waals surface area contributed by atoms with Crippen LogP contribution in [0.25, 0.3) is 5.57 Å². The van der Waals surface area contributed by atoms with Crippen LogP contribution in [0, 0.1) is 0 Å². The summed E-state index contributed by atoms with van der Waals surface area (Å²) in [7, 11) is 0. The Kier molecular flexibility index (Phi) is 5.51. The Labute approximate surface area is 159 Å². The maximum atomic E-state index is 12.7. The highest BCUT2D eigenvalue weighted by Gasteiger charge is 2.20. The Morgan fingerprint density at radius 3 is 3.04 bits per heavy atom. The first-order valence-electron chi connectivity index (χ1n) is 9.85. The lowest BCUT2D eigenvalue weighted by molar-refractivity contribution is -0.132. The average molecular weight is 366 g/mol. The minimum absolute atomic E-state index is 0.175. The topological polar surface area (TPSA) is 60.2 Å². The minimum atomic E-state index is 0.175. The molecule has 2 aliphatic rings. The van der Waals surface area contributed by atoms with Crippen molar-refractivity contribution >= 4 is 11.5 Å². The van der Waals surface area contributed by atoms with E-state index in [1.165, 1.54) is 36.7 Å². The molecule has 6 nitrogen and oxygen atoms in total. The molecule has 0 unspecified atom stereocenters. The van der Waals surface area contributed by atoms with Crippen LogP contribution in [0.5, 0.6) is 5.75 Å². The molecule has 0 fully saturated rings. The molecule has 4 rings (SSSR count). The van der Waals surface area contributed by atoms with Crippen LogP contribution in [-0.2, 0) is 17.9 Å². The number of benzene rings is 1. The predicted molar refractivity (Wildman–Crippen MR) is 103 cm³/mol. The van der Waals surface area contributed by atoms with Crippen LogP contribution in [0.3, 0.4) is 0 Å². The van der Waals surface area contributed by atoms with E-state index in [2.05, 4.69) is 34.4 Å². The van der Waals surface area contributed by atoms with Crippen molar-refractivity contribution in [3.05, 3.63) is 48.1 Å².